The number of guanidine groups is 1. The summed E-state index contributed by atoms with van der Waals surface area (Å²) in [6.07, 6.45) is 0. The number of thioether (sulfide) groups is 1. The Labute approximate surface area is 107 Å². The fraction of sp³-hybridized carbons (Fsp3) is 0.818. The molecule has 0 radical (unpaired) electrons. The third-order valence-corrected chi connectivity index (χ3v) is 3.76. The van der Waals surface area contributed by atoms with Gasteiger partial charge in [-0.2, -0.15) is 11.8 Å². The zero-order chi connectivity index (χ0) is 12.9. The summed E-state index contributed by atoms with van der Waals surface area (Å²) in [4.78, 5) is 18.0. The van der Waals surface area contributed by atoms with Crippen LogP contribution in [0.5, 0.6) is 0 Å². The predicted octanol–water partition coefficient (Wildman–Crippen LogP) is 0.122. The van der Waals surface area contributed by atoms with Crippen LogP contribution in [0, 0.1) is 5.41 Å². The van der Waals surface area contributed by atoms with Crippen molar-refractivity contribution in [2.45, 2.75) is 13.8 Å². The van der Waals surface area contributed by atoms with E-state index in [4.69, 9.17) is 5.73 Å². The molecule has 6 heteroatoms. The third kappa shape index (κ3) is 4.11. The van der Waals surface area contributed by atoms with Crippen LogP contribution in [0.3, 0.4) is 0 Å². The maximum absolute atomic E-state index is 11.6. The number of hydrogen-bond donors (Lipinski definition) is 2. The van der Waals surface area contributed by atoms with E-state index >= 15 is 0 Å². The summed E-state index contributed by atoms with van der Waals surface area (Å²) in [5, 5.41) is 2.64. The molecular weight excluding hydrogens is 236 g/mol. The summed E-state index contributed by atoms with van der Waals surface area (Å²) in [6.45, 7) is 6.05. The zero-order valence-corrected chi connectivity index (χ0v) is 11.6. The molecule has 5 nitrogen and oxygen atoms in total. The van der Waals surface area contributed by atoms with Crippen LogP contribution in [-0.2, 0) is 4.79 Å². The van der Waals surface area contributed by atoms with Crippen molar-refractivity contribution in [1.82, 2.24) is 10.2 Å². The first-order valence-corrected chi connectivity index (χ1v) is 6.97. The number of carbonyl (C=O) groups excluding carboxylic acids is 1. The standard InChI is InChI=1S/C11H22N4OS/c1-11(2,9(16)13-3)8-14-10(12)15-4-6-17-7-5-15/h4-8H2,1-3H3,(H2,12,14)(H,13,16). The van der Waals surface area contributed by atoms with Gasteiger partial charge in [0.2, 0.25) is 5.91 Å². The van der Waals surface area contributed by atoms with E-state index < -0.39 is 5.41 Å². The molecule has 1 aliphatic heterocycles. The van der Waals surface area contributed by atoms with Crippen molar-refractivity contribution in [3.63, 3.8) is 0 Å². The normalized spacial score (nSPS) is 18.1. The Hall–Kier alpha value is -0.910. The topological polar surface area (TPSA) is 70.7 Å². The molecule has 0 aromatic carbocycles. The highest BCUT2D eigenvalue weighted by atomic mass is 32.2. The Balaban J connectivity index is 2.54. The summed E-state index contributed by atoms with van der Waals surface area (Å²) in [6, 6.07) is 0. The number of nitrogens with one attached hydrogen (secondary N) is 1. The molecular formula is C11H22N4OS. The molecule has 1 amide bonds. The van der Waals surface area contributed by atoms with E-state index in [0.717, 1.165) is 24.6 Å². The van der Waals surface area contributed by atoms with Crippen LogP contribution in [-0.4, -0.2) is 55.0 Å². The Morgan fingerprint density at radius 1 is 1.47 bits per heavy atom. The Kier molecular flexibility index (Phi) is 5.11. The quantitative estimate of drug-likeness (QED) is 0.557. The highest BCUT2D eigenvalue weighted by molar-refractivity contribution is 7.99. The van der Waals surface area contributed by atoms with Gasteiger partial charge in [0.25, 0.3) is 0 Å². The molecule has 1 rings (SSSR count). The number of amides is 1. The number of aliphatic imine (C=N–C) groups is 1. The van der Waals surface area contributed by atoms with Crippen molar-refractivity contribution in [1.29, 1.82) is 0 Å². The summed E-state index contributed by atoms with van der Waals surface area (Å²) in [7, 11) is 1.64. The first kappa shape index (κ1) is 14.2. The lowest BCUT2D eigenvalue weighted by Crippen LogP contribution is -2.44. The van der Waals surface area contributed by atoms with Crippen LogP contribution >= 0.6 is 11.8 Å². The second-order valence-electron chi connectivity index (χ2n) is 4.74. The van der Waals surface area contributed by atoms with Crippen molar-refractivity contribution < 1.29 is 4.79 Å². The second-order valence-corrected chi connectivity index (χ2v) is 5.96. The monoisotopic (exact) mass is 258 g/mol. The molecule has 1 fully saturated rings. The molecule has 0 bridgehead atoms. The molecule has 0 saturated carbocycles. The fourth-order valence-corrected chi connectivity index (χ4v) is 2.48. The van der Waals surface area contributed by atoms with E-state index in [2.05, 4.69) is 15.2 Å². The molecule has 1 aliphatic rings. The Morgan fingerprint density at radius 2 is 2.06 bits per heavy atom. The van der Waals surface area contributed by atoms with Crippen molar-refractivity contribution in [2.75, 3.05) is 38.2 Å². The van der Waals surface area contributed by atoms with Crippen LogP contribution < -0.4 is 11.1 Å². The molecule has 0 unspecified atom stereocenters. The number of rotatable bonds is 3. The summed E-state index contributed by atoms with van der Waals surface area (Å²) >= 11 is 1.93. The van der Waals surface area contributed by atoms with E-state index in [1.165, 1.54) is 0 Å². The maximum Gasteiger partial charge on any atom is 0.227 e. The van der Waals surface area contributed by atoms with Gasteiger partial charge in [-0.05, 0) is 13.8 Å². The van der Waals surface area contributed by atoms with Gasteiger partial charge in [-0.3, -0.25) is 9.79 Å². The van der Waals surface area contributed by atoms with Gasteiger partial charge in [-0.15, -0.1) is 0 Å². The highest BCUT2D eigenvalue weighted by Gasteiger charge is 2.26. The van der Waals surface area contributed by atoms with Crippen LogP contribution in [0.25, 0.3) is 0 Å². The minimum Gasteiger partial charge on any atom is -0.370 e. The van der Waals surface area contributed by atoms with Crippen molar-refractivity contribution in [3.05, 3.63) is 0 Å². The minimum absolute atomic E-state index is 0.0109. The fourth-order valence-electron chi connectivity index (χ4n) is 1.58. The van der Waals surface area contributed by atoms with Crippen LogP contribution in [0.15, 0.2) is 4.99 Å². The second kappa shape index (κ2) is 6.14. The van der Waals surface area contributed by atoms with Gasteiger partial charge in [-0.25, -0.2) is 0 Å². The summed E-state index contributed by atoms with van der Waals surface area (Å²) in [5.74, 6) is 2.73. The molecule has 0 spiro atoms. The average Bonchev–Trinajstić information content (AvgIpc) is 2.36. The number of nitrogens with two attached hydrogens (primary N) is 1. The minimum atomic E-state index is -0.510. The molecule has 0 aliphatic carbocycles. The molecule has 1 saturated heterocycles. The third-order valence-electron chi connectivity index (χ3n) is 2.81. The van der Waals surface area contributed by atoms with Gasteiger partial charge in [0.15, 0.2) is 5.96 Å². The molecule has 0 atom stereocenters. The lowest BCUT2D eigenvalue weighted by atomic mass is 9.93. The van der Waals surface area contributed by atoms with Crippen LogP contribution in [0.1, 0.15) is 13.8 Å². The first-order valence-electron chi connectivity index (χ1n) is 5.82. The van der Waals surface area contributed by atoms with Gasteiger partial charge < -0.3 is 16.0 Å². The maximum atomic E-state index is 11.6. The summed E-state index contributed by atoms with van der Waals surface area (Å²) in [5.41, 5.74) is 5.42. The van der Waals surface area contributed by atoms with Gasteiger partial charge in [0.1, 0.15) is 0 Å². The first-order chi connectivity index (χ1) is 7.97. The van der Waals surface area contributed by atoms with Crippen LogP contribution in [0.2, 0.25) is 0 Å². The molecule has 3 N–H and O–H groups in total. The lowest BCUT2D eigenvalue weighted by Gasteiger charge is -2.28. The number of hydrogen-bond acceptors (Lipinski definition) is 3. The molecule has 0 aromatic heterocycles. The van der Waals surface area contributed by atoms with Crippen molar-refractivity contribution >= 4 is 23.6 Å². The summed E-state index contributed by atoms with van der Waals surface area (Å²) < 4.78 is 0. The number of nitrogens with zero attached hydrogens (tertiary/aromatic N) is 2. The average molecular weight is 258 g/mol. The molecule has 1 heterocycles. The van der Waals surface area contributed by atoms with E-state index in [1.54, 1.807) is 7.05 Å². The smallest absolute Gasteiger partial charge is 0.227 e. The molecule has 17 heavy (non-hydrogen) atoms. The Bertz CT molecular complexity index is 298. The van der Waals surface area contributed by atoms with Crippen LogP contribution in [0.4, 0.5) is 0 Å². The molecule has 0 aromatic rings. The van der Waals surface area contributed by atoms with E-state index in [0.29, 0.717) is 12.5 Å². The number of carbonyl (C=O) groups is 1. The zero-order valence-electron chi connectivity index (χ0n) is 10.8. The van der Waals surface area contributed by atoms with E-state index in [-0.39, 0.29) is 5.91 Å². The lowest BCUT2D eigenvalue weighted by molar-refractivity contribution is -0.128. The largest absolute Gasteiger partial charge is 0.370 e. The van der Waals surface area contributed by atoms with Gasteiger partial charge in [-0.1, -0.05) is 0 Å². The van der Waals surface area contributed by atoms with E-state index in [1.807, 2.05) is 25.6 Å². The van der Waals surface area contributed by atoms with Crippen molar-refractivity contribution in [3.8, 4) is 0 Å². The van der Waals surface area contributed by atoms with Gasteiger partial charge >= 0.3 is 0 Å². The Morgan fingerprint density at radius 3 is 2.59 bits per heavy atom. The van der Waals surface area contributed by atoms with Gasteiger partial charge in [0.05, 0.1) is 12.0 Å². The van der Waals surface area contributed by atoms with Gasteiger partial charge in [0, 0.05) is 31.6 Å². The molecule has 98 valence electrons. The SMILES string of the molecule is CNC(=O)C(C)(C)CN=C(N)N1CCSCC1. The highest BCUT2D eigenvalue weighted by Crippen LogP contribution is 2.16. The predicted molar refractivity (Wildman–Crippen MR) is 73.2 cm³/mol. The van der Waals surface area contributed by atoms with Crippen molar-refractivity contribution in [2.24, 2.45) is 16.1 Å². The van der Waals surface area contributed by atoms with E-state index in [9.17, 15) is 4.79 Å².